The lowest BCUT2D eigenvalue weighted by Gasteiger charge is -2.31. The molecule has 3 aromatic rings. The first-order chi connectivity index (χ1) is 14.9. The second-order valence-electron chi connectivity index (χ2n) is 7.28. The van der Waals surface area contributed by atoms with Gasteiger partial charge in [0, 0.05) is 24.0 Å². The predicted molar refractivity (Wildman–Crippen MR) is 128 cm³/mol. The number of piperidine rings is 1. The molecule has 0 radical (unpaired) electrons. The molecule has 164 valence electrons. The first-order valence-electron chi connectivity index (χ1n) is 10.0. The lowest BCUT2D eigenvalue weighted by atomic mass is 10.1. The van der Waals surface area contributed by atoms with E-state index >= 15 is 0 Å². The van der Waals surface area contributed by atoms with Crippen LogP contribution in [-0.4, -0.2) is 38.3 Å². The van der Waals surface area contributed by atoms with Crippen LogP contribution in [0.1, 0.15) is 19.8 Å². The van der Waals surface area contributed by atoms with Gasteiger partial charge in [-0.05, 0) is 62.2 Å². The lowest BCUT2D eigenvalue weighted by molar-refractivity contribution is 0.340. The highest BCUT2D eigenvalue weighted by molar-refractivity contribution is 7.92. The van der Waals surface area contributed by atoms with Gasteiger partial charge < -0.3 is 9.64 Å². The third kappa shape index (κ3) is 4.85. The molecule has 1 saturated heterocycles. The second-order valence-corrected chi connectivity index (χ2v) is 11.2. The van der Waals surface area contributed by atoms with Crippen LogP contribution in [0.25, 0.3) is 11.3 Å². The predicted octanol–water partition coefficient (Wildman–Crippen LogP) is 5.96. The Morgan fingerprint density at radius 2 is 1.81 bits per heavy atom. The van der Waals surface area contributed by atoms with Gasteiger partial charge in [-0.15, -0.1) is 11.3 Å². The minimum atomic E-state index is -3.45. The van der Waals surface area contributed by atoms with Crippen LogP contribution in [0, 0.1) is 0 Å². The van der Waals surface area contributed by atoms with Gasteiger partial charge in [-0.2, -0.15) is 0 Å². The molecule has 9 heteroatoms. The molecular weight excluding hydrogens is 475 g/mol. The minimum absolute atomic E-state index is 0.229. The maximum atomic E-state index is 13.0. The fraction of sp³-hybridized carbons (Fsp3) is 0.318. The fourth-order valence-electron chi connectivity index (χ4n) is 3.63. The average Bonchev–Trinajstić information content (AvgIpc) is 3.27. The standard InChI is InChI=1S/C22H22Cl2N2O3S2/c1-2-29-16-5-3-15(4-6-16)21-14-30-22(25-21)26-11-9-17(10-12-26)31(27,28)18-7-8-19(23)20(24)13-18/h3-8,13-14,17H,2,9-12H2,1H3. The summed E-state index contributed by atoms with van der Waals surface area (Å²) in [5, 5.41) is 3.11. The summed E-state index contributed by atoms with van der Waals surface area (Å²) in [6.07, 6.45) is 1.08. The summed E-state index contributed by atoms with van der Waals surface area (Å²) in [4.78, 5) is 7.15. The van der Waals surface area contributed by atoms with E-state index in [1.165, 1.54) is 18.2 Å². The molecule has 0 bridgehead atoms. The topological polar surface area (TPSA) is 59.5 Å². The Morgan fingerprint density at radius 3 is 2.45 bits per heavy atom. The molecule has 0 amide bonds. The summed E-state index contributed by atoms with van der Waals surface area (Å²) < 4.78 is 31.5. The van der Waals surface area contributed by atoms with Crippen LogP contribution in [-0.2, 0) is 9.84 Å². The van der Waals surface area contributed by atoms with Crippen molar-refractivity contribution in [3.05, 3.63) is 57.9 Å². The Morgan fingerprint density at radius 1 is 1.10 bits per heavy atom. The SMILES string of the molecule is CCOc1ccc(-c2csc(N3CCC(S(=O)(=O)c4ccc(Cl)c(Cl)c4)CC3)n2)cc1. The maximum Gasteiger partial charge on any atom is 0.185 e. The van der Waals surface area contributed by atoms with E-state index in [-0.39, 0.29) is 9.92 Å². The minimum Gasteiger partial charge on any atom is -0.494 e. The second kappa shape index (κ2) is 9.36. The summed E-state index contributed by atoms with van der Waals surface area (Å²) in [7, 11) is -3.45. The number of hydrogen-bond donors (Lipinski definition) is 0. The number of thiazole rings is 1. The Balaban J connectivity index is 1.42. The van der Waals surface area contributed by atoms with Gasteiger partial charge in [-0.3, -0.25) is 0 Å². The molecule has 0 aliphatic carbocycles. The molecule has 2 heterocycles. The van der Waals surface area contributed by atoms with Crippen molar-refractivity contribution in [1.82, 2.24) is 4.98 Å². The summed E-state index contributed by atoms with van der Waals surface area (Å²) in [5.74, 6) is 0.840. The summed E-state index contributed by atoms with van der Waals surface area (Å²) >= 11 is 13.5. The molecule has 0 spiro atoms. The molecule has 1 aromatic heterocycles. The van der Waals surface area contributed by atoms with Crippen molar-refractivity contribution in [3.63, 3.8) is 0 Å². The monoisotopic (exact) mass is 496 g/mol. The van der Waals surface area contributed by atoms with Crippen LogP contribution < -0.4 is 9.64 Å². The van der Waals surface area contributed by atoms with E-state index in [1.54, 1.807) is 11.3 Å². The molecular formula is C22H22Cl2N2O3S2. The quantitative estimate of drug-likeness (QED) is 0.421. The molecule has 0 atom stereocenters. The van der Waals surface area contributed by atoms with Crippen LogP contribution in [0.15, 0.2) is 52.7 Å². The normalized spacial score (nSPS) is 15.3. The number of sulfone groups is 1. The Kier molecular flexibility index (Phi) is 6.77. The zero-order valence-corrected chi connectivity index (χ0v) is 20.1. The first-order valence-corrected chi connectivity index (χ1v) is 13.2. The number of anilines is 1. The summed E-state index contributed by atoms with van der Waals surface area (Å²) in [5.41, 5.74) is 1.94. The molecule has 1 aliphatic rings. The highest BCUT2D eigenvalue weighted by Crippen LogP contribution is 2.33. The highest BCUT2D eigenvalue weighted by Gasteiger charge is 2.32. The van der Waals surface area contributed by atoms with E-state index in [0.717, 1.165) is 22.1 Å². The molecule has 31 heavy (non-hydrogen) atoms. The van der Waals surface area contributed by atoms with Gasteiger partial charge in [0.2, 0.25) is 0 Å². The molecule has 4 rings (SSSR count). The molecule has 2 aromatic carbocycles. The van der Waals surface area contributed by atoms with Gasteiger partial charge in [0.15, 0.2) is 15.0 Å². The number of rotatable bonds is 6. The molecule has 0 saturated carbocycles. The van der Waals surface area contributed by atoms with Crippen LogP contribution in [0.4, 0.5) is 5.13 Å². The van der Waals surface area contributed by atoms with Crippen molar-refractivity contribution in [2.24, 2.45) is 0 Å². The number of benzene rings is 2. The van der Waals surface area contributed by atoms with Crippen molar-refractivity contribution in [2.75, 3.05) is 24.6 Å². The van der Waals surface area contributed by atoms with E-state index in [1.807, 2.05) is 36.6 Å². The van der Waals surface area contributed by atoms with E-state index in [9.17, 15) is 8.42 Å². The zero-order valence-electron chi connectivity index (χ0n) is 16.9. The number of aromatic nitrogens is 1. The third-order valence-corrected chi connectivity index (χ3v) is 9.22. The number of nitrogens with zero attached hydrogens (tertiary/aromatic N) is 2. The van der Waals surface area contributed by atoms with E-state index in [0.29, 0.717) is 37.6 Å². The molecule has 0 unspecified atom stereocenters. The number of hydrogen-bond acceptors (Lipinski definition) is 6. The van der Waals surface area contributed by atoms with Gasteiger partial charge in [0.25, 0.3) is 0 Å². The van der Waals surface area contributed by atoms with Gasteiger partial charge in [-0.25, -0.2) is 13.4 Å². The fourth-order valence-corrected chi connectivity index (χ4v) is 6.64. The van der Waals surface area contributed by atoms with Gasteiger partial charge in [0.05, 0.1) is 32.5 Å². The number of halogens is 2. The maximum absolute atomic E-state index is 13.0. The molecule has 1 fully saturated rings. The molecule has 1 aliphatic heterocycles. The summed E-state index contributed by atoms with van der Waals surface area (Å²) in [6, 6.07) is 12.4. The van der Waals surface area contributed by atoms with E-state index in [4.69, 9.17) is 32.9 Å². The summed E-state index contributed by atoms with van der Waals surface area (Å²) in [6.45, 7) is 3.87. The Bertz CT molecular complexity index is 1160. The highest BCUT2D eigenvalue weighted by atomic mass is 35.5. The third-order valence-electron chi connectivity index (χ3n) is 5.32. The average molecular weight is 497 g/mol. The van der Waals surface area contributed by atoms with Crippen LogP contribution >= 0.6 is 34.5 Å². The van der Waals surface area contributed by atoms with Crippen molar-refractivity contribution in [1.29, 1.82) is 0 Å². The number of ether oxygens (including phenoxy) is 1. The molecule has 5 nitrogen and oxygen atoms in total. The van der Waals surface area contributed by atoms with Crippen LogP contribution in [0.5, 0.6) is 5.75 Å². The smallest absolute Gasteiger partial charge is 0.185 e. The van der Waals surface area contributed by atoms with Crippen molar-refractivity contribution >= 4 is 49.5 Å². The zero-order chi connectivity index (χ0) is 22.0. The van der Waals surface area contributed by atoms with Gasteiger partial charge in [0.1, 0.15) is 5.75 Å². The van der Waals surface area contributed by atoms with E-state index in [2.05, 4.69) is 4.90 Å². The first kappa shape index (κ1) is 22.4. The Hall–Kier alpha value is -1.80. The van der Waals surface area contributed by atoms with Gasteiger partial charge >= 0.3 is 0 Å². The van der Waals surface area contributed by atoms with Crippen molar-refractivity contribution in [2.45, 2.75) is 29.9 Å². The lowest BCUT2D eigenvalue weighted by Crippen LogP contribution is -2.39. The van der Waals surface area contributed by atoms with Crippen molar-refractivity contribution in [3.8, 4) is 17.0 Å². The van der Waals surface area contributed by atoms with Gasteiger partial charge in [-0.1, -0.05) is 23.2 Å². The van der Waals surface area contributed by atoms with E-state index < -0.39 is 15.1 Å². The van der Waals surface area contributed by atoms with Crippen LogP contribution in [0.2, 0.25) is 10.0 Å². The molecule has 0 N–H and O–H groups in total. The largest absolute Gasteiger partial charge is 0.494 e. The Labute approximate surface area is 196 Å². The van der Waals surface area contributed by atoms with Crippen molar-refractivity contribution < 1.29 is 13.2 Å². The van der Waals surface area contributed by atoms with Crippen LogP contribution in [0.3, 0.4) is 0 Å².